The van der Waals surface area contributed by atoms with Gasteiger partial charge in [0.15, 0.2) is 0 Å². The van der Waals surface area contributed by atoms with Gasteiger partial charge in [0.1, 0.15) is 5.60 Å². The molecule has 1 aliphatic heterocycles. The summed E-state index contributed by atoms with van der Waals surface area (Å²) >= 11 is 0. The third-order valence-electron chi connectivity index (χ3n) is 3.94. The number of rotatable bonds is 2. The van der Waals surface area contributed by atoms with Gasteiger partial charge in [-0.25, -0.2) is 4.79 Å². The summed E-state index contributed by atoms with van der Waals surface area (Å²) in [5.74, 6) is 0. The number of nitrogens with zero attached hydrogens (tertiary/aromatic N) is 1. The molecule has 1 saturated heterocycles. The minimum atomic E-state index is -0.437. The van der Waals surface area contributed by atoms with E-state index in [1.165, 1.54) is 11.1 Å². The molecule has 1 aromatic carbocycles. The largest absolute Gasteiger partial charge is 0.444 e. The lowest BCUT2D eigenvalue weighted by Crippen LogP contribution is -2.44. The number of benzene rings is 1. The van der Waals surface area contributed by atoms with Crippen LogP contribution in [0.2, 0.25) is 0 Å². The summed E-state index contributed by atoms with van der Waals surface area (Å²) in [6.45, 7) is 9.97. The Kier molecular flexibility index (Phi) is 4.60. The van der Waals surface area contributed by atoms with Crippen molar-refractivity contribution in [2.75, 3.05) is 0 Å². The maximum Gasteiger partial charge on any atom is 0.410 e. The number of likely N-dealkylation sites (tertiary alicyclic amines) is 1. The zero-order valence-electron chi connectivity index (χ0n) is 13.8. The molecule has 0 spiro atoms. The van der Waals surface area contributed by atoms with Crippen molar-refractivity contribution in [3.8, 4) is 0 Å². The van der Waals surface area contributed by atoms with Crippen molar-refractivity contribution in [1.29, 1.82) is 0 Å². The molecule has 3 heteroatoms. The van der Waals surface area contributed by atoms with E-state index in [0.717, 1.165) is 19.3 Å². The highest BCUT2D eigenvalue weighted by Gasteiger charge is 2.36. The number of hydrogen-bond acceptors (Lipinski definition) is 2. The first-order valence-corrected chi connectivity index (χ1v) is 7.83. The fourth-order valence-electron chi connectivity index (χ4n) is 3.03. The first kappa shape index (κ1) is 15.9. The molecule has 2 atom stereocenters. The molecule has 0 aromatic heterocycles. The third kappa shape index (κ3) is 4.23. The Hall–Kier alpha value is -1.51. The lowest BCUT2D eigenvalue weighted by Gasteiger charge is -2.31. The Labute approximate surface area is 128 Å². The average molecular weight is 289 g/mol. The Balaban J connectivity index is 2.09. The quantitative estimate of drug-likeness (QED) is 0.811. The standard InChI is InChI=1S/C18H27NO2/c1-13-7-6-8-15(11-13)12-16-10-9-14(2)19(16)17(20)21-18(3,4)5/h6-8,11,14,16H,9-10,12H2,1-5H3/t14-,16-/m1/s1. The molecule has 0 bridgehead atoms. The van der Waals surface area contributed by atoms with Crippen LogP contribution >= 0.6 is 0 Å². The van der Waals surface area contributed by atoms with Gasteiger partial charge in [0.25, 0.3) is 0 Å². The second-order valence-electron chi connectivity index (χ2n) is 7.16. The van der Waals surface area contributed by atoms with E-state index in [4.69, 9.17) is 4.74 Å². The van der Waals surface area contributed by atoms with E-state index in [0.29, 0.717) is 0 Å². The van der Waals surface area contributed by atoms with Crippen LogP contribution in [0.1, 0.15) is 51.7 Å². The Morgan fingerprint density at radius 2 is 2.05 bits per heavy atom. The summed E-state index contributed by atoms with van der Waals surface area (Å²) in [5, 5.41) is 0. The van der Waals surface area contributed by atoms with Gasteiger partial charge in [-0.3, -0.25) is 0 Å². The molecule has 0 saturated carbocycles. The van der Waals surface area contributed by atoms with Crippen LogP contribution in [0.15, 0.2) is 24.3 Å². The highest BCUT2D eigenvalue weighted by molar-refractivity contribution is 5.69. The molecule has 0 radical (unpaired) electrons. The summed E-state index contributed by atoms with van der Waals surface area (Å²) in [6.07, 6.45) is 2.83. The molecule has 0 N–H and O–H groups in total. The maximum absolute atomic E-state index is 12.4. The van der Waals surface area contributed by atoms with Crippen LogP contribution in [-0.4, -0.2) is 28.7 Å². The van der Waals surface area contributed by atoms with Gasteiger partial charge in [0.2, 0.25) is 0 Å². The molecule has 1 heterocycles. The second kappa shape index (κ2) is 6.08. The number of carbonyl (C=O) groups excluding carboxylic acids is 1. The predicted molar refractivity (Wildman–Crippen MR) is 85.4 cm³/mol. The van der Waals surface area contributed by atoms with Crippen molar-refractivity contribution in [2.24, 2.45) is 0 Å². The summed E-state index contributed by atoms with van der Waals surface area (Å²) < 4.78 is 5.57. The van der Waals surface area contributed by atoms with Crippen molar-refractivity contribution in [3.05, 3.63) is 35.4 Å². The van der Waals surface area contributed by atoms with Crippen LogP contribution in [0.5, 0.6) is 0 Å². The first-order valence-electron chi connectivity index (χ1n) is 7.83. The zero-order valence-corrected chi connectivity index (χ0v) is 13.8. The highest BCUT2D eigenvalue weighted by Crippen LogP contribution is 2.28. The number of hydrogen-bond donors (Lipinski definition) is 0. The van der Waals surface area contributed by atoms with Gasteiger partial charge in [0, 0.05) is 12.1 Å². The molecule has 1 fully saturated rings. The fourth-order valence-corrected chi connectivity index (χ4v) is 3.03. The van der Waals surface area contributed by atoms with E-state index in [1.807, 2.05) is 25.7 Å². The van der Waals surface area contributed by atoms with Gasteiger partial charge in [-0.1, -0.05) is 29.8 Å². The van der Waals surface area contributed by atoms with Gasteiger partial charge >= 0.3 is 6.09 Å². The topological polar surface area (TPSA) is 29.5 Å². The van der Waals surface area contributed by atoms with Gasteiger partial charge in [-0.15, -0.1) is 0 Å². The van der Waals surface area contributed by atoms with Gasteiger partial charge < -0.3 is 9.64 Å². The molecular weight excluding hydrogens is 262 g/mol. The normalized spacial score (nSPS) is 22.4. The van der Waals surface area contributed by atoms with Gasteiger partial charge in [0.05, 0.1) is 0 Å². The van der Waals surface area contributed by atoms with E-state index >= 15 is 0 Å². The van der Waals surface area contributed by atoms with Crippen LogP contribution in [0.3, 0.4) is 0 Å². The van der Waals surface area contributed by atoms with E-state index in [9.17, 15) is 4.79 Å². The van der Waals surface area contributed by atoms with Crippen molar-refractivity contribution in [2.45, 2.75) is 71.6 Å². The SMILES string of the molecule is Cc1cccc(C[C@H]2CC[C@@H](C)N2C(=O)OC(C)(C)C)c1. The van der Waals surface area contributed by atoms with Crippen molar-refractivity contribution in [1.82, 2.24) is 4.90 Å². The van der Waals surface area contributed by atoms with E-state index in [2.05, 4.69) is 38.1 Å². The zero-order chi connectivity index (χ0) is 15.6. The van der Waals surface area contributed by atoms with Crippen LogP contribution in [0.4, 0.5) is 4.79 Å². The molecular formula is C18H27NO2. The Bertz CT molecular complexity index is 504. The first-order chi connectivity index (χ1) is 9.76. The lowest BCUT2D eigenvalue weighted by atomic mass is 10.0. The van der Waals surface area contributed by atoms with Crippen LogP contribution in [0.25, 0.3) is 0 Å². The summed E-state index contributed by atoms with van der Waals surface area (Å²) in [7, 11) is 0. The van der Waals surface area contributed by atoms with Crippen molar-refractivity contribution < 1.29 is 9.53 Å². The van der Waals surface area contributed by atoms with E-state index in [-0.39, 0.29) is 18.2 Å². The molecule has 2 rings (SSSR count). The molecule has 0 unspecified atom stereocenters. The monoisotopic (exact) mass is 289 g/mol. The summed E-state index contributed by atoms with van der Waals surface area (Å²) in [4.78, 5) is 14.4. The van der Waals surface area contributed by atoms with Crippen molar-refractivity contribution >= 4 is 6.09 Å². The molecule has 1 aromatic rings. The Morgan fingerprint density at radius 3 is 2.67 bits per heavy atom. The molecule has 21 heavy (non-hydrogen) atoms. The molecule has 3 nitrogen and oxygen atoms in total. The smallest absolute Gasteiger partial charge is 0.410 e. The molecule has 1 amide bonds. The summed E-state index contributed by atoms with van der Waals surface area (Å²) in [6, 6.07) is 9.04. The minimum absolute atomic E-state index is 0.176. The minimum Gasteiger partial charge on any atom is -0.444 e. The van der Waals surface area contributed by atoms with Gasteiger partial charge in [-0.05, 0) is 59.4 Å². The van der Waals surface area contributed by atoms with E-state index < -0.39 is 5.60 Å². The van der Waals surface area contributed by atoms with Crippen LogP contribution in [-0.2, 0) is 11.2 Å². The highest BCUT2D eigenvalue weighted by atomic mass is 16.6. The summed E-state index contributed by atoms with van der Waals surface area (Å²) in [5.41, 5.74) is 2.12. The number of ether oxygens (including phenoxy) is 1. The fraction of sp³-hybridized carbons (Fsp3) is 0.611. The van der Waals surface area contributed by atoms with Crippen molar-refractivity contribution in [3.63, 3.8) is 0 Å². The number of amides is 1. The Morgan fingerprint density at radius 1 is 1.33 bits per heavy atom. The second-order valence-corrected chi connectivity index (χ2v) is 7.16. The molecule has 1 aliphatic rings. The van der Waals surface area contributed by atoms with Gasteiger partial charge in [-0.2, -0.15) is 0 Å². The number of aryl methyl sites for hydroxylation is 1. The maximum atomic E-state index is 12.4. The van der Waals surface area contributed by atoms with Crippen LogP contribution in [0, 0.1) is 6.92 Å². The lowest BCUT2D eigenvalue weighted by molar-refractivity contribution is 0.0161. The molecule has 116 valence electrons. The average Bonchev–Trinajstić information content (AvgIpc) is 2.68. The molecule has 0 aliphatic carbocycles. The third-order valence-corrected chi connectivity index (χ3v) is 3.94. The van der Waals surface area contributed by atoms with Crippen LogP contribution < -0.4 is 0 Å². The van der Waals surface area contributed by atoms with E-state index in [1.54, 1.807) is 0 Å². The number of carbonyl (C=O) groups is 1. The predicted octanol–water partition coefficient (Wildman–Crippen LogP) is 4.33.